The summed E-state index contributed by atoms with van der Waals surface area (Å²) in [4.78, 5) is 23.9. The van der Waals surface area contributed by atoms with Crippen LogP contribution in [0.25, 0.3) is 0 Å². The van der Waals surface area contributed by atoms with Crippen LogP contribution in [-0.4, -0.2) is 24.1 Å². The van der Waals surface area contributed by atoms with Gasteiger partial charge in [0.15, 0.2) is 5.72 Å². The zero-order chi connectivity index (χ0) is 19.1. The molecule has 0 radical (unpaired) electrons. The van der Waals surface area contributed by atoms with Crippen molar-refractivity contribution in [3.63, 3.8) is 0 Å². The van der Waals surface area contributed by atoms with E-state index >= 15 is 0 Å². The Balaban J connectivity index is 1.98. The van der Waals surface area contributed by atoms with E-state index in [1.165, 1.54) is 25.3 Å². The predicted molar refractivity (Wildman–Crippen MR) is 84.3 cm³/mol. The van der Waals surface area contributed by atoms with E-state index in [-0.39, 0.29) is 23.1 Å². The van der Waals surface area contributed by atoms with E-state index in [0.717, 1.165) is 24.3 Å². The van der Waals surface area contributed by atoms with Crippen molar-refractivity contribution in [3.05, 3.63) is 70.3 Å². The number of carbonyl (C=O) groups excluding carboxylic acids is 2. The maximum Gasteiger partial charge on any atom is 0.416 e. The monoisotopic (exact) mass is 365 g/mol. The number of rotatable bonds is 2. The Morgan fingerprint density at radius 2 is 1.85 bits per heavy atom. The van der Waals surface area contributed by atoms with Gasteiger partial charge in [-0.15, -0.1) is 0 Å². The number of methoxy groups -OCH3 is 1. The topological polar surface area (TPSA) is 75.6 Å². The van der Waals surface area contributed by atoms with E-state index < -0.39 is 29.3 Å². The Labute approximate surface area is 146 Å². The summed E-state index contributed by atoms with van der Waals surface area (Å²) >= 11 is 0. The largest absolute Gasteiger partial charge is 0.465 e. The minimum Gasteiger partial charge on any atom is -0.465 e. The van der Waals surface area contributed by atoms with Gasteiger partial charge in [0.05, 0.1) is 18.2 Å². The smallest absolute Gasteiger partial charge is 0.416 e. The molecule has 0 bridgehead atoms. The number of hydrogen-bond acceptors (Lipinski definition) is 4. The summed E-state index contributed by atoms with van der Waals surface area (Å²) < 4.78 is 42.7. The van der Waals surface area contributed by atoms with Gasteiger partial charge in [0.1, 0.15) is 0 Å². The van der Waals surface area contributed by atoms with Crippen molar-refractivity contribution in [2.24, 2.45) is 0 Å². The third-order valence-corrected chi connectivity index (χ3v) is 4.23. The Bertz CT molecular complexity index is 877. The van der Waals surface area contributed by atoms with Crippen molar-refractivity contribution in [2.75, 3.05) is 7.11 Å². The molecule has 1 unspecified atom stereocenters. The van der Waals surface area contributed by atoms with Crippen molar-refractivity contribution in [1.82, 2.24) is 5.32 Å². The number of fused-ring (bicyclic) bond motifs is 1. The first kappa shape index (κ1) is 17.9. The number of hydrogen-bond donors (Lipinski definition) is 2. The van der Waals surface area contributed by atoms with Crippen molar-refractivity contribution in [1.29, 1.82) is 0 Å². The summed E-state index contributed by atoms with van der Waals surface area (Å²) in [7, 11) is 1.22. The van der Waals surface area contributed by atoms with Crippen LogP contribution in [0.15, 0.2) is 42.5 Å². The molecule has 0 fully saturated rings. The van der Waals surface area contributed by atoms with Crippen LogP contribution in [-0.2, 0) is 23.1 Å². The molecular weight excluding hydrogens is 351 g/mol. The second kappa shape index (κ2) is 6.14. The van der Waals surface area contributed by atoms with Gasteiger partial charge in [-0.05, 0) is 35.9 Å². The van der Waals surface area contributed by atoms with Crippen molar-refractivity contribution in [2.45, 2.75) is 18.3 Å². The number of ether oxygens (including phenoxy) is 1. The fraction of sp³-hybridized carbons (Fsp3) is 0.222. The number of carbonyl (C=O) groups is 2. The van der Waals surface area contributed by atoms with Gasteiger partial charge in [-0.25, -0.2) is 4.79 Å². The highest BCUT2D eigenvalue weighted by Gasteiger charge is 2.39. The van der Waals surface area contributed by atoms with Crippen LogP contribution in [0.5, 0.6) is 0 Å². The Morgan fingerprint density at radius 1 is 1.19 bits per heavy atom. The summed E-state index contributed by atoms with van der Waals surface area (Å²) in [6.45, 7) is 0. The van der Waals surface area contributed by atoms with Crippen LogP contribution < -0.4 is 5.32 Å². The first-order valence-corrected chi connectivity index (χ1v) is 7.58. The van der Waals surface area contributed by atoms with Crippen LogP contribution in [0.4, 0.5) is 13.2 Å². The number of alkyl halides is 3. The zero-order valence-electron chi connectivity index (χ0n) is 13.6. The average Bonchev–Trinajstić information content (AvgIpc) is 2.59. The Kier molecular flexibility index (Phi) is 4.23. The lowest BCUT2D eigenvalue weighted by Crippen LogP contribution is -2.51. The summed E-state index contributed by atoms with van der Waals surface area (Å²) in [6, 6.07) is 8.17. The molecule has 0 aliphatic carbocycles. The van der Waals surface area contributed by atoms with Gasteiger partial charge in [0, 0.05) is 17.5 Å². The van der Waals surface area contributed by atoms with E-state index in [1.807, 2.05) is 0 Å². The third kappa shape index (κ3) is 3.15. The molecule has 8 heteroatoms. The molecule has 0 aromatic heterocycles. The van der Waals surface area contributed by atoms with Gasteiger partial charge in [0.25, 0.3) is 5.91 Å². The highest BCUT2D eigenvalue weighted by Crippen LogP contribution is 2.33. The van der Waals surface area contributed by atoms with E-state index in [9.17, 15) is 27.9 Å². The quantitative estimate of drug-likeness (QED) is 0.803. The molecular formula is C18H14F3NO4. The molecule has 1 aliphatic rings. The van der Waals surface area contributed by atoms with E-state index in [1.54, 1.807) is 0 Å². The van der Waals surface area contributed by atoms with Crippen molar-refractivity contribution in [3.8, 4) is 0 Å². The number of benzene rings is 2. The lowest BCUT2D eigenvalue weighted by molar-refractivity contribution is -0.137. The van der Waals surface area contributed by atoms with E-state index in [2.05, 4.69) is 10.1 Å². The molecule has 1 heterocycles. The first-order chi connectivity index (χ1) is 12.1. The zero-order valence-corrected chi connectivity index (χ0v) is 13.6. The molecule has 0 spiro atoms. The van der Waals surface area contributed by atoms with Gasteiger partial charge < -0.3 is 15.2 Å². The van der Waals surface area contributed by atoms with Gasteiger partial charge in [-0.2, -0.15) is 13.2 Å². The van der Waals surface area contributed by atoms with Gasteiger partial charge >= 0.3 is 12.1 Å². The number of halogens is 3. The second-order valence-electron chi connectivity index (χ2n) is 5.93. The molecule has 5 nitrogen and oxygen atoms in total. The first-order valence-electron chi connectivity index (χ1n) is 7.58. The molecule has 1 atom stereocenters. The molecule has 26 heavy (non-hydrogen) atoms. The number of aliphatic hydroxyl groups is 1. The van der Waals surface area contributed by atoms with Crippen LogP contribution >= 0.6 is 0 Å². The number of nitrogens with one attached hydrogen (secondary N) is 1. The molecule has 3 rings (SSSR count). The molecule has 0 saturated carbocycles. The normalized spacial score (nSPS) is 19.5. The fourth-order valence-corrected chi connectivity index (χ4v) is 2.89. The van der Waals surface area contributed by atoms with Gasteiger partial charge in [0.2, 0.25) is 0 Å². The minimum absolute atomic E-state index is 0.105. The molecule has 2 N–H and O–H groups in total. The lowest BCUT2D eigenvalue weighted by Gasteiger charge is -2.35. The molecule has 2 aromatic rings. The summed E-state index contributed by atoms with van der Waals surface area (Å²) in [5.41, 5.74) is -1.78. The lowest BCUT2D eigenvalue weighted by atomic mass is 9.87. The minimum atomic E-state index is -4.50. The fourth-order valence-electron chi connectivity index (χ4n) is 2.89. The molecule has 1 aliphatic heterocycles. The van der Waals surface area contributed by atoms with Crippen LogP contribution in [0, 0.1) is 0 Å². The van der Waals surface area contributed by atoms with Gasteiger partial charge in [-0.1, -0.05) is 12.1 Å². The highest BCUT2D eigenvalue weighted by atomic mass is 19.4. The summed E-state index contributed by atoms with van der Waals surface area (Å²) in [6.07, 6.45) is -4.61. The average molecular weight is 365 g/mol. The maximum absolute atomic E-state index is 12.7. The van der Waals surface area contributed by atoms with E-state index in [0.29, 0.717) is 5.56 Å². The predicted octanol–water partition coefficient (Wildman–Crippen LogP) is 2.62. The Morgan fingerprint density at radius 3 is 2.42 bits per heavy atom. The SMILES string of the molecule is COC(=O)c1ccc2c(c1)CC(O)(c1ccc(C(F)(F)F)cc1)NC2=O. The van der Waals surface area contributed by atoms with E-state index in [4.69, 9.17) is 0 Å². The molecule has 0 saturated heterocycles. The highest BCUT2D eigenvalue weighted by molar-refractivity contribution is 5.99. The summed E-state index contributed by atoms with van der Waals surface area (Å²) in [5, 5.41) is 13.2. The van der Waals surface area contributed by atoms with Crippen LogP contribution in [0.1, 0.15) is 37.4 Å². The third-order valence-electron chi connectivity index (χ3n) is 4.23. The number of amides is 1. The molecule has 136 valence electrons. The second-order valence-corrected chi connectivity index (χ2v) is 5.93. The maximum atomic E-state index is 12.7. The summed E-state index contributed by atoms with van der Waals surface area (Å²) in [5.74, 6) is -1.19. The van der Waals surface area contributed by atoms with Crippen molar-refractivity contribution < 1.29 is 32.6 Å². The van der Waals surface area contributed by atoms with Crippen molar-refractivity contribution >= 4 is 11.9 Å². The van der Waals surface area contributed by atoms with Crippen LogP contribution in [0.2, 0.25) is 0 Å². The van der Waals surface area contributed by atoms with Gasteiger partial charge in [-0.3, -0.25) is 4.79 Å². The number of esters is 1. The van der Waals surface area contributed by atoms with Crippen LogP contribution in [0.3, 0.4) is 0 Å². The molecule has 2 aromatic carbocycles. The standard InChI is InChI=1S/C18H14F3NO4/c1-26-16(24)10-2-7-14-11(8-10)9-17(25,22-15(14)23)12-3-5-13(6-4-12)18(19,20)21/h2-8,25H,9H2,1H3,(H,22,23). The molecule has 1 amide bonds. The Hall–Kier alpha value is -2.87.